The number of rotatable bonds is 5. The molecule has 0 aliphatic carbocycles. The molecule has 0 bridgehead atoms. The predicted octanol–water partition coefficient (Wildman–Crippen LogP) is -0.689. The van der Waals surface area contributed by atoms with Gasteiger partial charge in [0, 0.05) is 11.1 Å². The summed E-state index contributed by atoms with van der Waals surface area (Å²) in [5.74, 6) is -2.25. The minimum absolute atomic E-state index is 0.198. The second-order valence-corrected chi connectivity index (χ2v) is 3.60. The molecule has 0 spiro atoms. The Morgan fingerprint density at radius 3 is 2.83 bits per heavy atom. The molecule has 1 saturated heterocycles. The molecule has 100 valence electrons. The molecule has 1 unspecified atom stereocenters. The van der Waals surface area contributed by atoms with Crippen molar-refractivity contribution < 1.29 is 23.9 Å². The summed E-state index contributed by atoms with van der Waals surface area (Å²) in [6.45, 7) is 1.40. The molecule has 1 rings (SSSR count). The molecule has 0 radical (unpaired) electrons. The van der Waals surface area contributed by atoms with E-state index < -0.39 is 30.5 Å². The number of nitrogens with one attached hydrogen (secondary N) is 3. The zero-order valence-electron chi connectivity index (χ0n) is 9.66. The van der Waals surface area contributed by atoms with Gasteiger partial charge in [0.15, 0.2) is 0 Å². The van der Waals surface area contributed by atoms with Crippen LogP contribution in [0.1, 0.15) is 13.3 Å². The average Bonchev–Trinajstić information content (AvgIpc) is 2.33. The highest BCUT2D eigenvalue weighted by Gasteiger charge is 2.37. The standard InChI is InChI=1S/C9H13FN4O4/c1-2-3-14-8(16)6(7(11)13-9(14)17)12-4-5(15)18-10/h6,12H,2-4H2,1H3,(H2,11,13,17). The molecule has 8 nitrogen and oxygen atoms in total. The number of halogens is 1. The van der Waals surface area contributed by atoms with Gasteiger partial charge in [-0.05, 0) is 6.42 Å². The highest BCUT2D eigenvalue weighted by atomic mass is 19.3. The third-order valence-electron chi connectivity index (χ3n) is 2.27. The molecule has 1 atom stereocenters. The van der Waals surface area contributed by atoms with Gasteiger partial charge in [-0.15, -0.1) is 0 Å². The van der Waals surface area contributed by atoms with Crippen molar-refractivity contribution in [1.29, 1.82) is 5.41 Å². The first-order valence-electron chi connectivity index (χ1n) is 5.26. The molecule has 3 amide bonds. The Morgan fingerprint density at radius 1 is 1.61 bits per heavy atom. The minimum atomic E-state index is -1.21. The molecular weight excluding hydrogens is 247 g/mol. The number of urea groups is 1. The Balaban J connectivity index is 2.71. The Labute approximate surface area is 102 Å². The van der Waals surface area contributed by atoms with Crippen molar-refractivity contribution in [3.8, 4) is 0 Å². The molecule has 0 saturated carbocycles. The fraction of sp³-hybridized carbons (Fsp3) is 0.556. The lowest BCUT2D eigenvalue weighted by molar-refractivity contribution is -0.182. The van der Waals surface area contributed by atoms with E-state index >= 15 is 0 Å². The minimum Gasteiger partial charge on any atom is -0.294 e. The van der Waals surface area contributed by atoms with Crippen LogP contribution in [0.15, 0.2) is 0 Å². The first-order valence-corrected chi connectivity index (χ1v) is 5.26. The summed E-state index contributed by atoms with van der Waals surface area (Å²) in [4.78, 5) is 37.7. The lowest BCUT2D eigenvalue weighted by atomic mass is 10.2. The zero-order chi connectivity index (χ0) is 13.7. The van der Waals surface area contributed by atoms with Crippen LogP contribution in [-0.2, 0) is 14.5 Å². The maximum atomic E-state index is 11.9. The van der Waals surface area contributed by atoms with E-state index in [1.165, 1.54) is 0 Å². The molecule has 1 aliphatic heterocycles. The van der Waals surface area contributed by atoms with Gasteiger partial charge in [-0.25, -0.2) is 9.59 Å². The first-order chi connectivity index (χ1) is 8.51. The van der Waals surface area contributed by atoms with Crippen LogP contribution in [0.4, 0.5) is 9.32 Å². The number of hydrogen-bond donors (Lipinski definition) is 3. The van der Waals surface area contributed by atoms with Crippen LogP contribution in [0.25, 0.3) is 0 Å². The number of nitrogens with zero attached hydrogens (tertiary/aromatic N) is 1. The normalized spacial score (nSPS) is 19.8. The van der Waals surface area contributed by atoms with E-state index in [1.807, 2.05) is 0 Å². The molecule has 1 heterocycles. The monoisotopic (exact) mass is 260 g/mol. The lowest BCUT2D eigenvalue weighted by Crippen LogP contribution is -2.65. The highest BCUT2D eigenvalue weighted by Crippen LogP contribution is 2.05. The molecular formula is C9H13FN4O4. The number of hydrogen-bond acceptors (Lipinski definition) is 6. The van der Waals surface area contributed by atoms with Gasteiger partial charge in [-0.3, -0.25) is 30.7 Å². The topological polar surface area (TPSA) is 112 Å². The molecule has 1 fully saturated rings. The zero-order valence-corrected chi connectivity index (χ0v) is 9.66. The number of imide groups is 1. The summed E-state index contributed by atoms with van der Waals surface area (Å²) in [5.41, 5.74) is 0. The molecule has 18 heavy (non-hydrogen) atoms. The summed E-state index contributed by atoms with van der Waals surface area (Å²) < 4.78 is 11.5. The quantitative estimate of drug-likeness (QED) is 0.606. The third-order valence-corrected chi connectivity index (χ3v) is 2.27. The summed E-state index contributed by atoms with van der Waals surface area (Å²) in [5, 5.41) is 12.0. The van der Waals surface area contributed by atoms with E-state index in [2.05, 4.69) is 15.6 Å². The Bertz CT molecular complexity index is 387. The molecule has 3 N–H and O–H groups in total. The molecule has 0 aromatic heterocycles. The number of carbonyl (C=O) groups excluding carboxylic acids is 3. The van der Waals surface area contributed by atoms with Crippen LogP contribution in [0.5, 0.6) is 0 Å². The van der Waals surface area contributed by atoms with Crippen molar-refractivity contribution in [2.75, 3.05) is 13.1 Å². The maximum absolute atomic E-state index is 11.9. The Kier molecular flexibility index (Phi) is 4.72. The van der Waals surface area contributed by atoms with E-state index in [-0.39, 0.29) is 12.4 Å². The molecule has 9 heteroatoms. The van der Waals surface area contributed by atoms with Gasteiger partial charge in [0.25, 0.3) is 5.91 Å². The third kappa shape index (κ3) is 3.00. The van der Waals surface area contributed by atoms with Crippen LogP contribution in [0.2, 0.25) is 0 Å². The van der Waals surface area contributed by atoms with Crippen LogP contribution in [-0.4, -0.2) is 47.8 Å². The fourth-order valence-electron chi connectivity index (χ4n) is 1.47. The van der Waals surface area contributed by atoms with Crippen molar-refractivity contribution in [2.45, 2.75) is 19.4 Å². The van der Waals surface area contributed by atoms with Gasteiger partial charge in [0.2, 0.25) is 0 Å². The average molecular weight is 260 g/mol. The van der Waals surface area contributed by atoms with Gasteiger partial charge in [-0.2, -0.15) is 0 Å². The maximum Gasteiger partial charge on any atom is 0.362 e. The van der Waals surface area contributed by atoms with Gasteiger partial charge in [0.1, 0.15) is 11.9 Å². The number of amides is 3. The Morgan fingerprint density at radius 2 is 2.28 bits per heavy atom. The van der Waals surface area contributed by atoms with Crippen molar-refractivity contribution >= 4 is 23.7 Å². The SMILES string of the molecule is CCCN1C(=O)NC(=N)C(NCC(=O)OF)C1=O. The van der Waals surface area contributed by atoms with E-state index in [9.17, 15) is 18.9 Å². The Hall–Kier alpha value is -2.03. The van der Waals surface area contributed by atoms with Crippen LogP contribution < -0.4 is 10.6 Å². The van der Waals surface area contributed by atoms with Gasteiger partial charge >= 0.3 is 12.0 Å². The summed E-state index contributed by atoms with van der Waals surface area (Å²) >= 11 is 0. The van der Waals surface area contributed by atoms with E-state index in [0.717, 1.165) is 4.90 Å². The van der Waals surface area contributed by atoms with Gasteiger partial charge < -0.3 is 0 Å². The van der Waals surface area contributed by atoms with E-state index in [0.29, 0.717) is 6.42 Å². The lowest BCUT2D eigenvalue weighted by Gasteiger charge is -2.31. The van der Waals surface area contributed by atoms with Gasteiger partial charge in [-0.1, -0.05) is 6.92 Å². The van der Waals surface area contributed by atoms with Crippen molar-refractivity contribution in [3.05, 3.63) is 0 Å². The van der Waals surface area contributed by atoms with Crippen LogP contribution in [0.3, 0.4) is 0 Å². The van der Waals surface area contributed by atoms with Crippen molar-refractivity contribution in [1.82, 2.24) is 15.5 Å². The first kappa shape index (κ1) is 14.0. The summed E-state index contributed by atoms with van der Waals surface area (Å²) in [7, 11) is 0. The molecule has 0 aromatic rings. The van der Waals surface area contributed by atoms with Gasteiger partial charge in [0.05, 0.1) is 6.54 Å². The second kappa shape index (κ2) is 6.05. The summed E-state index contributed by atoms with van der Waals surface area (Å²) in [6.07, 6.45) is 0.561. The smallest absolute Gasteiger partial charge is 0.294 e. The highest BCUT2D eigenvalue weighted by molar-refractivity contribution is 6.19. The number of carbonyl (C=O) groups is 3. The van der Waals surface area contributed by atoms with E-state index in [1.54, 1.807) is 6.92 Å². The van der Waals surface area contributed by atoms with E-state index in [4.69, 9.17) is 5.41 Å². The second-order valence-electron chi connectivity index (χ2n) is 3.60. The van der Waals surface area contributed by atoms with Crippen LogP contribution in [0, 0.1) is 5.41 Å². The predicted molar refractivity (Wildman–Crippen MR) is 57.3 cm³/mol. The van der Waals surface area contributed by atoms with Crippen molar-refractivity contribution in [2.24, 2.45) is 0 Å². The fourth-order valence-corrected chi connectivity index (χ4v) is 1.47. The van der Waals surface area contributed by atoms with Crippen molar-refractivity contribution in [3.63, 3.8) is 0 Å². The number of amidine groups is 1. The largest absolute Gasteiger partial charge is 0.362 e. The molecule has 0 aromatic carbocycles. The van der Waals surface area contributed by atoms with Crippen LogP contribution >= 0.6 is 0 Å². The summed E-state index contributed by atoms with van der Waals surface area (Å²) in [6, 6.07) is -1.87. The molecule has 1 aliphatic rings.